The zero-order valence-corrected chi connectivity index (χ0v) is 29.4. The molecule has 1 aliphatic heterocycles. The van der Waals surface area contributed by atoms with Crippen molar-refractivity contribution in [1.82, 2.24) is 19.9 Å². The number of hydrogen-bond acceptors (Lipinski definition) is 5. The molecule has 0 aliphatic carbocycles. The summed E-state index contributed by atoms with van der Waals surface area (Å²) in [7, 11) is 0. The molecule has 0 spiro atoms. The summed E-state index contributed by atoms with van der Waals surface area (Å²) in [6.07, 6.45) is 4.08. The van der Waals surface area contributed by atoms with Crippen LogP contribution in [-0.2, 0) is 12.8 Å². The molecule has 0 bridgehead atoms. The number of aromatic nitrogens is 4. The van der Waals surface area contributed by atoms with E-state index in [0.29, 0.717) is 5.92 Å². The van der Waals surface area contributed by atoms with Crippen molar-refractivity contribution in [1.29, 1.82) is 0 Å². The Morgan fingerprint density at radius 2 is 1.46 bits per heavy atom. The Morgan fingerprint density at radius 1 is 0.717 bits per heavy atom. The van der Waals surface area contributed by atoms with Crippen molar-refractivity contribution in [2.24, 2.45) is 11.3 Å². The van der Waals surface area contributed by atoms with E-state index < -0.39 is 0 Å². The minimum Gasteiger partial charge on any atom is -0.256 e. The van der Waals surface area contributed by atoms with Crippen molar-refractivity contribution in [2.75, 3.05) is 0 Å². The van der Waals surface area contributed by atoms with Gasteiger partial charge in [0.25, 0.3) is 0 Å². The Bertz CT molecular complexity index is 2130. The SMILES string of the molecule is CC(C)Cc1ccc2c(CC(C)(C)C)c3c(cc2c1)-c1nccc2c1c(cc1ccc(-c4nc(C(C)C)nc(C(C)C)n4)cc12)S3. The molecule has 4 nitrogen and oxygen atoms in total. The fourth-order valence-electron chi connectivity index (χ4n) is 6.76. The van der Waals surface area contributed by atoms with Crippen LogP contribution in [0.1, 0.15) is 96.9 Å². The van der Waals surface area contributed by atoms with Crippen molar-refractivity contribution in [3.8, 4) is 22.6 Å². The van der Waals surface area contributed by atoms with Crippen LogP contribution in [0.5, 0.6) is 0 Å². The molecule has 7 rings (SSSR count). The van der Waals surface area contributed by atoms with Gasteiger partial charge in [0.2, 0.25) is 0 Å². The maximum atomic E-state index is 5.10. The lowest BCUT2D eigenvalue weighted by molar-refractivity contribution is 0.410. The maximum absolute atomic E-state index is 5.10. The van der Waals surface area contributed by atoms with Crippen LogP contribution >= 0.6 is 11.8 Å². The van der Waals surface area contributed by atoms with Crippen LogP contribution in [0.2, 0.25) is 0 Å². The molecule has 46 heavy (non-hydrogen) atoms. The average Bonchev–Trinajstić information content (AvgIpc) is 3.00. The molecule has 0 radical (unpaired) electrons. The second kappa shape index (κ2) is 11.5. The molecule has 0 unspecified atom stereocenters. The monoisotopic (exact) mass is 624 g/mol. The molecule has 0 amide bonds. The van der Waals surface area contributed by atoms with E-state index >= 15 is 0 Å². The van der Waals surface area contributed by atoms with Gasteiger partial charge in [0.1, 0.15) is 11.6 Å². The third kappa shape index (κ3) is 5.57. The number of benzene rings is 4. The van der Waals surface area contributed by atoms with E-state index in [4.69, 9.17) is 19.9 Å². The summed E-state index contributed by atoms with van der Waals surface area (Å²) in [6, 6.07) is 20.8. The van der Waals surface area contributed by atoms with Crippen LogP contribution in [0.3, 0.4) is 0 Å². The fourth-order valence-corrected chi connectivity index (χ4v) is 8.05. The van der Waals surface area contributed by atoms with Crippen molar-refractivity contribution >= 4 is 44.1 Å². The Kier molecular flexibility index (Phi) is 7.67. The zero-order chi connectivity index (χ0) is 32.5. The van der Waals surface area contributed by atoms with E-state index in [-0.39, 0.29) is 17.3 Å². The van der Waals surface area contributed by atoms with Crippen LogP contribution in [0, 0.1) is 11.3 Å². The lowest BCUT2D eigenvalue weighted by Crippen LogP contribution is -2.12. The Labute approximate surface area is 277 Å². The zero-order valence-electron chi connectivity index (χ0n) is 28.6. The van der Waals surface area contributed by atoms with E-state index in [1.807, 2.05) is 18.0 Å². The van der Waals surface area contributed by atoms with Crippen molar-refractivity contribution in [3.05, 3.63) is 83.6 Å². The molecular formula is C41H44N4S. The minimum absolute atomic E-state index is 0.151. The number of rotatable bonds is 6. The second-order valence-corrected chi connectivity index (χ2v) is 16.4. The van der Waals surface area contributed by atoms with E-state index in [1.54, 1.807) is 0 Å². The molecule has 3 heterocycles. The van der Waals surface area contributed by atoms with Gasteiger partial charge in [-0.15, -0.1) is 0 Å². The molecule has 0 atom stereocenters. The van der Waals surface area contributed by atoms with E-state index in [1.165, 1.54) is 58.8 Å². The van der Waals surface area contributed by atoms with Gasteiger partial charge < -0.3 is 0 Å². The Morgan fingerprint density at radius 3 is 2.13 bits per heavy atom. The van der Waals surface area contributed by atoms with Crippen molar-refractivity contribution in [3.63, 3.8) is 0 Å². The molecule has 1 aliphatic rings. The molecule has 234 valence electrons. The molecular weight excluding hydrogens is 581 g/mol. The van der Waals surface area contributed by atoms with Gasteiger partial charge in [0.05, 0.1) is 5.69 Å². The highest BCUT2D eigenvalue weighted by Crippen LogP contribution is 2.52. The normalized spacial score (nSPS) is 13.1. The Balaban J connectivity index is 1.46. The van der Waals surface area contributed by atoms with Gasteiger partial charge in [0.15, 0.2) is 5.82 Å². The largest absolute Gasteiger partial charge is 0.256 e. The van der Waals surface area contributed by atoms with Gasteiger partial charge in [0, 0.05) is 44.3 Å². The summed E-state index contributed by atoms with van der Waals surface area (Å²) in [6.45, 7) is 20.2. The number of hydrogen-bond donors (Lipinski definition) is 0. The molecule has 0 N–H and O–H groups in total. The Hall–Kier alpha value is -3.83. The van der Waals surface area contributed by atoms with Crippen molar-refractivity contribution < 1.29 is 0 Å². The molecule has 4 aromatic carbocycles. The first kappa shape index (κ1) is 30.8. The van der Waals surface area contributed by atoms with E-state index in [2.05, 4.69) is 117 Å². The van der Waals surface area contributed by atoms with Crippen molar-refractivity contribution in [2.45, 2.75) is 96.8 Å². The first-order valence-electron chi connectivity index (χ1n) is 16.7. The van der Waals surface area contributed by atoms with Crippen LogP contribution in [0.25, 0.3) is 55.0 Å². The highest BCUT2D eigenvalue weighted by molar-refractivity contribution is 8.00. The topological polar surface area (TPSA) is 51.6 Å². The quantitative estimate of drug-likeness (QED) is 0.172. The molecule has 2 aromatic heterocycles. The highest BCUT2D eigenvalue weighted by Gasteiger charge is 2.28. The summed E-state index contributed by atoms with van der Waals surface area (Å²) in [4.78, 5) is 22.3. The van der Waals surface area contributed by atoms with Crippen LogP contribution < -0.4 is 0 Å². The van der Waals surface area contributed by atoms with Gasteiger partial charge in [-0.05, 0) is 86.5 Å². The second-order valence-electron chi connectivity index (χ2n) is 15.3. The summed E-state index contributed by atoms with van der Waals surface area (Å²) >= 11 is 1.92. The van der Waals surface area contributed by atoms with Crippen LogP contribution in [-0.4, -0.2) is 19.9 Å². The first-order chi connectivity index (χ1) is 21.9. The van der Waals surface area contributed by atoms with E-state index in [0.717, 1.165) is 41.6 Å². The lowest BCUT2D eigenvalue weighted by atomic mass is 9.84. The molecule has 5 heteroatoms. The summed E-state index contributed by atoms with van der Waals surface area (Å²) in [5, 5.41) is 7.58. The first-order valence-corrected chi connectivity index (χ1v) is 17.6. The molecule has 0 saturated heterocycles. The van der Waals surface area contributed by atoms with Gasteiger partial charge in [-0.3, -0.25) is 4.98 Å². The predicted molar refractivity (Wildman–Crippen MR) is 195 cm³/mol. The maximum Gasteiger partial charge on any atom is 0.163 e. The molecule has 6 aromatic rings. The third-order valence-corrected chi connectivity index (χ3v) is 10.1. The average molecular weight is 625 g/mol. The minimum atomic E-state index is 0.151. The van der Waals surface area contributed by atoms with Crippen LogP contribution in [0.4, 0.5) is 0 Å². The third-order valence-electron chi connectivity index (χ3n) is 8.87. The smallest absolute Gasteiger partial charge is 0.163 e. The van der Waals surface area contributed by atoms with Gasteiger partial charge in [-0.2, -0.15) is 0 Å². The summed E-state index contributed by atoms with van der Waals surface area (Å²) in [5.41, 5.74) is 6.36. The van der Waals surface area contributed by atoms with Gasteiger partial charge >= 0.3 is 0 Å². The van der Waals surface area contributed by atoms with Gasteiger partial charge in [-0.1, -0.05) is 104 Å². The predicted octanol–water partition coefficient (Wildman–Crippen LogP) is 11.6. The molecule has 0 saturated carbocycles. The van der Waals surface area contributed by atoms with E-state index in [9.17, 15) is 0 Å². The molecule has 0 fully saturated rings. The van der Waals surface area contributed by atoms with Crippen LogP contribution in [0.15, 0.2) is 70.6 Å². The standard InChI is InChI=1S/C41H44N4S/c1-22(2)16-25-10-13-29-28(17-25)19-32-36-35-30(14-15-42-36)31-18-27(40-44-38(23(3)4)43-39(45-40)24(5)6)12-11-26(31)20-34(35)46-37(32)33(29)21-41(7,8)9/h10-15,17-20,22-24H,16,21H2,1-9H3. The highest BCUT2D eigenvalue weighted by atomic mass is 32.2. The summed E-state index contributed by atoms with van der Waals surface area (Å²) in [5.74, 6) is 3.51. The van der Waals surface area contributed by atoms with Gasteiger partial charge in [-0.25, -0.2) is 15.0 Å². The fraction of sp³-hybridized carbons (Fsp3) is 0.366. The number of nitrogens with zero attached hydrogens (tertiary/aromatic N) is 4. The lowest BCUT2D eigenvalue weighted by Gasteiger charge is -2.27. The summed E-state index contributed by atoms with van der Waals surface area (Å²) < 4.78 is 0. The number of pyridine rings is 1. The number of fused-ring (bicyclic) bond motifs is 5.